The summed E-state index contributed by atoms with van der Waals surface area (Å²) in [6.45, 7) is 1.91. The molecule has 3 aromatic rings. The number of thiophene rings is 1. The predicted octanol–water partition coefficient (Wildman–Crippen LogP) is 6.19. The number of aliphatic carboxylic acids is 1. The van der Waals surface area contributed by atoms with E-state index in [1.54, 1.807) is 6.07 Å². The predicted molar refractivity (Wildman–Crippen MR) is 132 cm³/mol. The van der Waals surface area contributed by atoms with Gasteiger partial charge in [-0.3, -0.25) is 14.4 Å². The summed E-state index contributed by atoms with van der Waals surface area (Å²) in [6.07, 6.45) is -3.72. The first kappa shape index (κ1) is 27.3. The second kappa shape index (κ2) is 12.1. The quantitative estimate of drug-likeness (QED) is 0.224. The number of rotatable bonds is 11. The molecular formula is C25H22F3NO5S2. The van der Waals surface area contributed by atoms with Crippen molar-refractivity contribution in [2.45, 2.75) is 37.4 Å². The molecule has 11 heteroatoms. The molecule has 36 heavy (non-hydrogen) atoms. The third-order valence-corrected chi connectivity index (χ3v) is 7.11. The molecule has 0 fully saturated rings. The zero-order valence-corrected chi connectivity index (χ0v) is 20.7. The molecule has 0 aliphatic rings. The van der Waals surface area contributed by atoms with Crippen LogP contribution < -0.4 is 10.1 Å². The number of hydrogen-bond donors (Lipinski definition) is 2. The van der Waals surface area contributed by atoms with Crippen molar-refractivity contribution in [2.75, 3.05) is 11.1 Å². The Balaban J connectivity index is 1.64. The summed E-state index contributed by atoms with van der Waals surface area (Å²) < 4.78 is 41.0. The number of amides is 1. The maximum Gasteiger partial charge on any atom is 0.573 e. The number of hydrogen-bond acceptors (Lipinski definition) is 6. The summed E-state index contributed by atoms with van der Waals surface area (Å²) >= 11 is 2.57. The second-order valence-corrected chi connectivity index (χ2v) is 9.77. The first-order valence-corrected chi connectivity index (χ1v) is 12.6. The van der Waals surface area contributed by atoms with Crippen LogP contribution >= 0.6 is 23.1 Å². The number of aryl methyl sites for hydroxylation is 2. The molecule has 1 amide bonds. The van der Waals surface area contributed by atoms with Gasteiger partial charge in [0, 0.05) is 21.8 Å². The minimum Gasteiger partial charge on any atom is -0.481 e. The van der Waals surface area contributed by atoms with Crippen LogP contribution in [0.2, 0.25) is 0 Å². The van der Waals surface area contributed by atoms with Crippen molar-refractivity contribution in [2.24, 2.45) is 0 Å². The van der Waals surface area contributed by atoms with E-state index >= 15 is 0 Å². The number of anilines is 1. The standard InChI is InChI=1S/C25H22F3NO5S2/c1-2-18-13-20(23(33)16-6-8-17(9-7-16)34-25(26,27)28)24(36-18)29-21(30)14-35-19-10-3-15(4-11-19)5-12-22(31)32/h3-4,6-11,13H,2,5,12,14H2,1H3,(H,29,30)(H,31,32). The Morgan fingerprint density at radius 1 is 1.06 bits per heavy atom. The van der Waals surface area contributed by atoms with Crippen LogP contribution in [0.25, 0.3) is 0 Å². The third-order valence-electron chi connectivity index (χ3n) is 4.90. The summed E-state index contributed by atoms with van der Waals surface area (Å²) in [6, 6.07) is 13.6. The van der Waals surface area contributed by atoms with E-state index < -0.39 is 23.9 Å². The smallest absolute Gasteiger partial charge is 0.481 e. The fourth-order valence-corrected chi connectivity index (χ4v) is 4.86. The molecule has 0 saturated heterocycles. The number of benzene rings is 2. The molecule has 3 rings (SSSR count). The Labute approximate surface area is 213 Å². The van der Waals surface area contributed by atoms with E-state index in [2.05, 4.69) is 10.1 Å². The first-order chi connectivity index (χ1) is 17.0. The van der Waals surface area contributed by atoms with Gasteiger partial charge in [0.25, 0.3) is 0 Å². The van der Waals surface area contributed by atoms with Crippen molar-refractivity contribution in [3.63, 3.8) is 0 Å². The Hall–Kier alpha value is -3.31. The van der Waals surface area contributed by atoms with Gasteiger partial charge in [-0.1, -0.05) is 19.1 Å². The maximum atomic E-state index is 13.0. The summed E-state index contributed by atoms with van der Waals surface area (Å²) in [7, 11) is 0. The molecule has 1 aromatic heterocycles. The van der Waals surface area contributed by atoms with Crippen LogP contribution in [0.3, 0.4) is 0 Å². The van der Waals surface area contributed by atoms with Gasteiger partial charge in [-0.05, 0) is 60.9 Å². The van der Waals surface area contributed by atoms with Crippen LogP contribution in [-0.2, 0) is 22.4 Å². The molecule has 0 unspecified atom stereocenters. The SMILES string of the molecule is CCc1cc(C(=O)c2ccc(OC(F)(F)F)cc2)c(NC(=O)CSc2ccc(CCC(=O)O)cc2)s1. The van der Waals surface area contributed by atoms with Gasteiger partial charge in [-0.2, -0.15) is 0 Å². The molecule has 0 radical (unpaired) electrons. The van der Waals surface area contributed by atoms with E-state index in [9.17, 15) is 27.6 Å². The third kappa shape index (κ3) is 8.13. The van der Waals surface area contributed by atoms with Gasteiger partial charge in [0.2, 0.25) is 5.91 Å². The van der Waals surface area contributed by atoms with E-state index in [1.807, 2.05) is 31.2 Å². The fraction of sp³-hybridized carbons (Fsp3) is 0.240. The van der Waals surface area contributed by atoms with E-state index in [4.69, 9.17) is 5.11 Å². The average molecular weight is 538 g/mol. The number of carbonyl (C=O) groups excluding carboxylic acids is 2. The highest BCUT2D eigenvalue weighted by atomic mass is 32.2. The molecule has 0 spiro atoms. The average Bonchev–Trinajstić information content (AvgIpc) is 3.23. The molecule has 0 aliphatic heterocycles. The lowest BCUT2D eigenvalue weighted by Crippen LogP contribution is -2.17. The van der Waals surface area contributed by atoms with Gasteiger partial charge in [-0.25, -0.2) is 0 Å². The van der Waals surface area contributed by atoms with Crippen LogP contribution in [0.5, 0.6) is 5.75 Å². The Morgan fingerprint density at radius 3 is 2.31 bits per heavy atom. The summed E-state index contributed by atoms with van der Waals surface area (Å²) in [4.78, 5) is 38.0. The van der Waals surface area contributed by atoms with Crippen molar-refractivity contribution in [1.29, 1.82) is 0 Å². The van der Waals surface area contributed by atoms with Crippen molar-refractivity contribution in [3.05, 3.63) is 76.2 Å². The largest absolute Gasteiger partial charge is 0.573 e. The molecule has 190 valence electrons. The summed E-state index contributed by atoms with van der Waals surface area (Å²) in [5.41, 5.74) is 1.32. The minimum atomic E-state index is -4.83. The van der Waals surface area contributed by atoms with E-state index in [0.29, 0.717) is 17.8 Å². The highest BCUT2D eigenvalue weighted by Gasteiger charge is 2.31. The van der Waals surface area contributed by atoms with Gasteiger partial charge in [-0.15, -0.1) is 36.3 Å². The van der Waals surface area contributed by atoms with Gasteiger partial charge >= 0.3 is 12.3 Å². The molecular weight excluding hydrogens is 515 g/mol. The number of nitrogens with one attached hydrogen (secondary N) is 1. The number of carboxylic acids is 1. The van der Waals surface area contributed by atoms with Gasteiger partial charge in [0.15, 0.2) is 5.78 Å². The second-order valence-electron chi connectivity index (χ2n) is 7.58. The minimum absolute atomic E-state index is 0.0436. The van der Waals surface area contributed by atoms with Crippen LogP contribution in [0, 0.1) is 0 Å². The van der Waals surface area contributed by atoms with Crippen LogP contribution in [0.1, 0.15) is 39.7 Å². The molecule has 0 bridgehead atoms. The number of ether oxygens (including phenoxy) is 1. The van der Waals surface area contributed by atoms with Crippen LogP contribution in [0.4, 0.5) is 18.2 Å². The first-order valence-electron chi connectivity index (χ1n) is 10.8. The monoisotopic (exact) mass is 537 g/mol. The van der Waals surface area contributed by atoms with Crippen molar-refractivity contribution < 1.29 is 37.4 Å². The van der Waals surface area contributed by atoms with Gasteiger partial charge in [0.05, 0.1) is 11.3 Å². The maximum absolute atomic E-state index is 13.0. The van der Waals surface area contributed by atoms with E-state index in [1.165, 1.54) is 35.2 Å². The van der Waals surface area contributed by atoms with Crippen molar-refractivity contribution >= 4 is 45.8 Å². The Kier molecular flexibility index (Phi) is 9.16. The van der Waals surface area contributed by atoms with Crippen LogP contribution in [0.15, 0.2) is 59.5 Å². The number of carboxylic acid groups (broad SMARTS) is 1. The topological polar surface area (TPSA) is 92.7 Å². The van der Waals surface area contributed by atoms with E-state index in [-0.39, 0.29) is 29.2 Å². The van der Waals surface area contributed by atoms with Crippen molar-refractivity contribution in [1.82, 2.24) is 0 Å². The molecule has 0 aliphatic carbocycles. The number of ketones is 1. The lowest BCUT2D eigenvalue weighted by Gasteiger charge is -2.09. The highest BCUT2D eigenvalue weighted by Crippen LogP contribution is 2.32. The molecule has 0 atom stereocenters. The fourth-order valence-electron chi connectivity index (χ4n) is 3.16. The number of carbonyl (C=O) groups is 3. The van der Waals surface area contributed by atoms with Crippen molar-refractivity contribution in [3.8, 4) is 5.75 Å². The Bertz CT molecular complexity index is 1220. The Morgan fingerprint density at radius 2 is 1.72 bits per heavy atom. The lowest BCUT2D eigenvalue weighted by molar-refractivity contribution is -0.274. The summed E-state index contributed by atoms with van der Waals surface area (Å²) in [5, 5.41) is 11.9. The van der Waals surface area contributed by atoms with Gasteiger partial charge in [0.1, 0.15) is 10.8 Å². The molecule has 2 aromatic carbocycles. The number of halogens is 3. The normalized spacial score (nSPS) is 11.2. The van der Waals surface area contributed by atoms with E-state index in [0.717, 1.165) is 27.5 Å². The molecule has 6 nitrogen and oxygen atoms in total. The number of alkyl halides is 3. The zero-order chi connectivity index (χ0) is 26.3. The zero-order valence-electron chi connectivity index (χ0n) is 19.1. The molecule has 2 N–H and O–H groups in total. The van der Waals surface area contributed by atoms with Gasteiger partial charge < -0.3 is 15.2 Å². The lowest BCUT2D eigenvalue weighted by atomic mass is 10.0. The van der Waals surface area contributed by atoms with Crippen LogP contribution in [-0.4, -0.2) is 34.9 Å². The summed E-state index contributed by atoms with van der Waals surface area (Å²) in [5.74, 6) is -1.95. The number of thioether (sulfide) groups is 1. The highest BCUT2D eigenvalue weighted by molar-refractivity contribution is 8.00. The molecule has 0 saturated carbocycles. The molecule has 1 heterocycles.